The van der Waals surface area contributed by atoms with Crippen molar-refractivity contribution < 1.29 is 24.2 Å². The Labute approximate surface area is 199 Å². The lowest BCUT2D eigenvalue weighted by Gasteiger charge is -2.37. The van der Waals surface area contributed by atoms with Gasteiger partial charge in [-0.15, -0.1) is 6.58 Å². The maximum atomic E-state index is 13.2. The van der Waals surface area contributed by atoms with Gasteiger partial charge in [-0.1, -0.05) is 73.9 Å². The molecule has 2 aromatic carbocycles. The van der Waals surface area contributed by atoms with Crippen molar-refractivity contribution in [2.75, 3.05) is 6.61 Å². The van der Waals surface area contributed by atoms with Crippen molar-refractivity contribution in [3.05, 3.63) is 72.3 Å². The first-order valence-electron chi connectivity index (χ1n) is 11.7. The molecule has 0 aliphatic heterocycles. The van der Waals surface area contributed by atoms with Crippen molar-refractivity contribution >= 4 is 18.0 Å². The van der Waals surface area contributed by atoms with Gasteiger partial charge in [-0.05, 0) is 41.5 Å². The normalized spacial score (nSPS) is 17.1. The summed E-state index contributed by atoms with van der Waals surface area (Å²) in [5.41, 5.74) is 3.30. The number of aliphatic carboxylic acids is 1. The molecule has 0 aromatic heterocycles. The number of carbonyl (C=O) groups is 3. The van der Waals surface area contributed by atoms with Gasteiger partial charge < -0.3 is 20.5 Å². The van der Waals surface area contributed by atoms with Gasteiger partial charge in [0.05, 0.1) is 0 Å². The highest BCUT2D eigenvalue weighted by atomic mass is 16.5. The van der Waals surface area contributed by atoms with E-state index < -0.39 is 29.6 Å². The molecule has 2 aliphatic carbocycles. The lowest BCUT2D eigenvalue weighted by molar-refractivity contribution is -0.143. The van der Waals surface area contributed by atoms with Crippen LogP contribution in [0.2, 0.25) is 0 Å². The molecule has 1 saturated carbocycles. The van der Waals surface area contributed by atoms with Crippen LogP contribution in [0.4, 0.5) is 4.79 Å². The number of hydrogen-bond donors (Lipinski definition) is 3. The summed E-state index contributed by atoms with van der Waals surface area (Å²) in [7, 11) is 0. The minimum absolute atomic E-state index is 0.0849. The summed E-state index contributed by atoms with van der Waals surface area (Å²) in [6.45, 7) is 3.70. The average molecular weight is 463 g/mol. The molecule has 0 bridgehead atoms. The number of rotatable bonds is 8. The standard InChI is InChI=1S/C27H30N2O5/c1-2-10-23(24(30)31)28-25(32)27(15-8-3-9-16-27)29-26(33)34-17-22-20-13-6-4-11-18(20)19-12-5-7-14-21(19)22/h2,4-7,11-14,22-23H,1,3,8-10,15-17H2,(H,28,32)(H,29,33)(H,30,31). The van der Waals surface area contributed by atoms with Crippen LogP contribution in [0.1, 0.15) is 55.6 Å². The van der Waals surface area contributed by atoms with Gasteiger partial charge in [-0.25, -0.2) is 9.59 Å². The van der Waals surface area contributed by atoms with Crippen LogP contribution in [0.5, 0.6) is 0 Å². The topological polar surface area (TPSA) is 105 Å². The van der Waals surface area contributed by atoms with E-state index in [4.69, 9.17) is 4.74 Å². The Kier molecular flexibility index (Phi) is 7.01. The van der Waals surface area contributed by atoms with Gasteiger partial charge in [-0.3, -0.25) is 4.79 Å². The van der Waals surface area contributed by atoms with Crippen LogP contribution < -0.4 is 10.6 Å². The van der Waals surface area contributed by atoms with Crippen molar-refractivity contribution in [1.82, 2.24) is 10.6 Å². The van der Waals surface area contributed by atoms with Crippen molar-refractivity contribution in [1.29, 1.82) is 0 Å². The molecule has 2 aromatic rings. The molecular weight excluding hydrogens is 432 g/mol. The molecule has 2 aliphatic rings. The van der Waals surface area contributed by atoms with E-state index in [1.54, 1.807) is 0 Å². The number of nitrogens with one attached hydrogen (secondary N) is 2. The second-order valence-electron chi connectivity index (χ2n) is 8.98. The van der Waals surface area contributed by atoms with E-state index in [0.717, 1.165) is 41.5 Å². The molecule has 34 heavy (non-hydrogen) atoms. The van der Waals surface area contributed by atoms with E-state index in [0.29, 0.717) is 12.8 Å². The Morgan fingerprint density at radius 1 is 1.03 bits per heavy atom. The van der Waals surface area contributed by atoms with Crippen molar-refractivity contribution in [2.45, 2.75) is 56.0 Å². The molecule has 1 unspecified atom stereocenters. The predicted octanol–water partition coefficient (Wildman–Crippen LogP) is 4.37. The molecule has 7 nitrogen and oxygen atoms in total. The van der Waals surface area contributed by atoms with Crippen LogP contribution in [0, 0.1) is 0 Å². The van der Waals surface area contributed by atoms with Crippen molar-refractivity contribution in [2.24, 2.45) is 0 Å². The Hall–Kier alpha value is -3.61. The molecule has 0 spiro atoms. The number of benzene rings is 2. The Morgan fingerprint density at radius 3 is 2.18 bits per heavy atom. The van der Waals surface area contributed by atoms with Gasteiger partial charge in [0.25, 0.3) is 0 Å². The minimum atomic E-state index is -1.18. The van der Waals surface area contributed by atoms with Gasteiger partial charge in [0.2, 0.25) is 5.91 Å². The van der Waals surface area contributed by atoms with Crippen LogP contribution in [0.25, 0.3) is 11.1 Å². The first kappa shape index (κ1) is 23.5. The monoisotopic (exact) mass is 462 g/mol. The van der Waals surface area contributed by atoms with Crippen LogP contribution >= 0.6 is 0 Å². The Bertz CT molecular complexity index is 1040. The summed E-state index contributed by atoms with van der Waals surface area (Å²) in [4.78, 5) is 37.6. The first-order chi connectivity index (χ1) is 16.4. The third kappa shape index (κ3) is 4.69. The zero-order valence-electron chi connectivity index (χ0n) is 19.1. The Morgan fingerprint density at radius 2 is 1.62 bits per heavy atom. The highest BCUT2D eigenvalue weighted by Gasteiger charge is 2.43. The second-order valence-corrected chi connectivity index (χ2v) is 8.98. The van der Waals surface area contributed by atoms with Gasteiger partial charge in [0.1, 0.15) is 18.2 Å². The number of fused-ring (bicyclic) bond motifs is 3. The first-order valence-corrected chi connectivity index (χ1v) is 11.7. The average Bonchev–Trinajstić information content (AvgIpc) is 3.16. The summed E-state index contributed by atoms with van der Waals surface area (Å²) in [5.74, 6) is -1.71. The van der Waals surface area contributed by atoms with E-state index in [2.05, 4.69) is 29.3 Å². The summed E-state index contributed by atoms with van der Waals surface area (Å²) in [6, 6.07) is 15.1. The van der Waals surface area contributed by atoms with Gasteiger partial charge in [0, 0.05) is 5.92 Å². The molecule has 0 radical (unpaired) electrons. The molecule has 1 fully saturated rings. The highest BCUT2D eigenvalue weighted by molar-refractivity contribution is 5.93. The molecule has 3 N–H and O–H groups in total. The molecular formula is C27H30N2O5. The van der Waals surface area contributed by atoms with Gasteiger partial charge in [0.15, 0.2) is 0 Å². The van der Waals surface area contributed by atoms with E-state index in [9.17, 15) is 19.5 Å². The number of alkyl carbamates (subject to hydrolysis) is 1. The van der Waals surface area contributed by atoms with Crippen molar-refractivity contribution in [3.63, 3.8) is 0 Å². The third-order valence-corrected chi connectivity index (χ3v) is 6.83. The third-order valence-electron chi connectivity index (χ3n) is 6.83. The van der Waals surface area contributed by atoms with E-state index >= 15 is 0 Å². The summed E-state index contributed by atoms with van der Waals surface area (Å²) in [6.07, 6.45) is 4.22. The van der Waals surface area contributed by atoms with E-state index in [1.807, 2.05) is 36.4 Å². The van der Waals surface area contributed by atoms with Gasteiger partial charge >= 0.3 is 12.1 Å². The SMILES string of the molecule is C=CCC(NC(=O)C1(NC(=O)OCC2c3ccccc3-c3ccccc32)CCCCC1)C(=O)O. The van der Waals surface area contributed by atoms with Crippen LogP contribution in [-0.2, 0) is 14.3 Å². The van der Waals surface area contributed by atoms with E-state index in [-0.39, 0.29) is 18.9 Å². The largest absolute Gasteiger partial charge is 0.480 e. The smallest absolute Gasteiger partial charge is 0.408 e. The van der Waals surface area contributed by atoms with Crippen molar-refractivity contribution in [3.8, 4) is 11.1 Å². The van der Waals surface area contributed by atoms with Crippen LogP contribution in [-0.4, -0.2) is 41.3 Å². The second kappa shape index (κ2) is 10.1. The van der Waals surface area contributed by atoms with Crippen LogP contribution in [0.15, 0.2) is 61.2 Å². The zero-order chi connectivity index (χ0) is 24.1. The summed E-state index contributed by atoms with van der Waals surface area (Å²) in [5, 5.41) is 14.8. The molecule has 2 amide bonds. The van der Waals surface area contributed by atoms with Crippen LogP contribution in [0.3, 0.4) is 0 Å². The molecule has 7 heteroatoms. The maximum Gasteiger partial charge on any atom is 0.408 e. The fraction of sp³-hybridized carbons (Fsp3) is 0.370. The molecule has 4 rings (SSSR count). The Balaban J connectivity index is 1.46. The molecule has 178 valence electrons. The zero-order valence-corrected chi connectivity index (χ0v) is 19.1. The highest BCUT2D eigenvalue weighted by Crippen LogP contribution is 2.44. The summed E-state index contributed by atoms with van der Waals surface area (Å²) >= 11 is 0. The number of amides is 2. The summed E-state index contributed by atoms with van der Waals surface area (Å²) < 4.78 is 5.66. The predicted molar refractivity (Wildman–Crippen MR) is 128 cm³/mol. The molecule has 0 heterocycles. The number of carbonyl (C=O) groups excluding carboxylic acids is 2. The fourth-order valence-corrected chi connectivity index (χ4v) is 5.08. The number of carboxylic acids is 1. The quantitative estimate of drug-likeness (QED) is 0.505. The molecule has 1 atom stereocenters. The number of carboxylic acid groups (broad SMARTS) is 1. The number of hydrogen-bond acceptors (Lipinski definition) is 4. The fourth-order valence-electron chi connectivity index (χ4n) is 5.08. The lowest BCUT2D eigenvalue weighted by Crippen LogP contribution is -2.62. The van der Waals surface area contributed by atoms with E-state index in [1.165, 1.54) is 6.08 Å². The molecule has 0 saturated heterocycles. The minimum Gasteiger partial charge on any atom is -0.480 e. The number of ether oxygens (including phenoxy) is 1. The van der Waals surface area contributed by atoms with Gasteiger partial charge in [-0.2, -0.15) is 0 Å². The maximum absolute atomic E-state index is 13.2. The lowest BCUT2D eigenvalue weighted by atomic mass is 9.80.